The van der Waals surface area contributed by atoms with Crippen molar-refractivity contribution in [1.82, 2.24) is 9.55 Å². The van der Waals surface area contributed by atoms with Gasteiger partial charge in [-0.3, -0.25) is 9.59 Å². The Hall–Kier alpha value is -3.21. The van der Waals surface area contributed by atoms with Gasteiger partial charge in [-0.05, 0) is 43.4 Å². The van der Waals surface area contributed by atoms with Crippen LogP contribution in [-0.2, 0) is 11.3 Å². The number of imidazole rings is 1. The molecular formula is C19H16N2O3. The number of hydrogen-bond acceptors (Lipinski definition) is 4. The number of rotatable bonds is 5. The molecule has 2 aromatic heterocycles. The number of fused-ring (bicyclic) bond motifs is 1. The van der Waals surface area contributed by atoms with Crippen LogP contribution >= 0.6 is 0 Å². The number of benzene rings is 1. The summed E-state index contributed by atoms with van der Waals surface area (Å²) in [4.78, 5) is 28.4. The smallest absolute Gasteiger partial charge is 0.199 e. The molecule has 3 aromatic rings. The summed E-state index contributed by atoms with van der Waals surface area (Å²) in [5.74, 6) is 0.484. The highest BCUT2D eigenvalue weighted by Crippen LogP contribution is 2.11. The lowest BCUT2D eigenvalue weighted by molar-refractivity contribution is -0.110. The molecule has 24 heavy (non-hydrogen) atoms. The third-order valence-electron chi connectivity index (χ3n) is 3.62. The van der Waals surface area contributed by atoms with Gasteiger partial charge >= 0.3 is 0 Å². The van der Waals surface area contributed by atoms with Gasteiger partial charge in [0, 0.05) is 18.9 Å². The molecule has 1 aromatic carbocycles. The first-order valence-electron chi connectivity index (χ1n) is 7.61. The summed E-state index contributed by atoms with van der Waals surface area (Å²) in [6.45, 7) is 2.78. The fraction of sp³-hybridized carbons (Fsp3) is 0.105. The summed E-state index contributed by atoms with van der Waals surface area (Å²) in [5, 5.41) is 0.493. The summed E-state index contributed by atoms with van der Waals surface area (Å²) in [5.41, 5.74) is 0.703. The van der Waals surface area contributed by atoms with Gasteiger partial charge in [-0.2, -0.15) is 0 Å². The molecular weight excluding hydrogens is 304 g/mol. The van der Waals surface area contributed by atoms with Crippen LogP contribution < -0.4 is 5.43 Å². The van der Waals surface area contributed by atoms with Gasteiger partial charge < -0.3 is 8.98 Å². The maximum absolute atomic E-state index is 12.3. The van der Waals surface area contributed by atoms with Crippen molar-refractivity contribution in [2.24, 2.45) is 0 Å². The van der Waals surface area contributed by atoms with Gasteiger partial charge in [-0.1, -0.05) is 12.1 Å². The number of carbonyl (C=O) groups excluding carboxylic acids is 1. The van der Waals surface area contributed by atoms with Crippen molar-refractivity contribution in [2.45, 2.75) is 13.5 Å². The first kappa shape index (κ1) is 15.7. The Kier molecular flexibility index (Phi) is 4.52. The van der Waals surface area contributed by atoms with E-state index in [0.717, 1.165) is 6.54 Å². The fourth-order valence-electron chi connectivity index (χ4n) is 2.34. The second-order valence-corrected chi connectivity index (χ2v) is 5.16. The first-order valence-corrected chi connectivity index (χ1v) is 7.61. The van der Waals surface area contributed by atoms with Crippen molar-refractivity contribution in [3.63, 3.8) is 0 Å². The van der Waals surface area contributed by atoms with Gasteiger partial charge in [-0.15, -0.1) is 0 Å². The highest BCUT2D eigenvalue weighted by molar-refractivity contribution is 6.04. The number of aryl methyl sites for hydroxylation is 1. The Balaban J connectivity index is 1.79. The van der Waals surface area contributed by atoms with E-state index in [1.165, 1.54) is 24.5 Å². The molecule has 0 N–H and O–H groups in total. The predicted molar refractivity (Wildman–Crippen MR) is 93.5 cm³/mol. The van der Waals surface area contributed by atoms with Crippen molar-refractivity contribution in [2.75, 3.05) is 0 Å². The van der Waals surface area contributed by atoms with E-state index in [9.17, 15) is 9.59 Å². The molecule has 0 saturated heterocycles. The van der Waals surface area contributed by atoms with E-state index in [2.05, 4.69) is 4.98 Å². The molecule has 2 heterocycles. The zero-order chi connectivity index (χ0) is 16.9. The summed E-state index contributed by atoms with van der Waals surface area (Å²) in [6, 6.07) is 7.00. The van der Waals surface area contributed by atoms with Crippen LogP contribution in [0.4, 0.5) is 0 Å². The van der Waals surface area contributed by atoms with Crippen molar-refractivity contribution < 1.29 is 9.21 Å². The van der Waals surface area contributed by atoms with Crippen molar-refractivity contribution in [1.29, 1.82) is 0 Å². The predicted octanol–water partition coefficient (Wildman–Crippen LogP) is 3.31. The van der Waals surface area contributed by atoms with Crippen molar-refractivity contribution in [3.8, 4) is 0 Å². The van der Waals surface area contributed by atoms with Crippen LogP contribution in [0.3, 0.4) is 0 Å². The van der Waals surface area contributed by atoms with Crippen LogP contribution in [0.5, 0.6) is 0 Å². The number of allylic oxidation sites excluding steroid dienone is 2. The van der Waals surface area contributed by atoms with Gasteiger partial charge in [-0.25, -0.2) is 4.98 Å². The van der Waals surface area contributed by atoms with Crippen LogP contribution in [0, 0.1) is 0 Å². The Bertz CT molecular complexity index is 993. The monoisotopic (exact) mass is 320 g/mol. The van der Waals surface area contributed by atoms with Gasteiger partial charge in [0.1, 0.15) is 17.7 Å². The van der Waals surface area contributed by atoms with Crippen molar-refractivity contribution in [3.05, 3.63) is 76.7 Å². The van der Waals surface area contributed by atoms with E-state index < -0.39 is 0 Å². The molecule has 5 nitrogen and oxygen atoms in total. The lowest BCUT2D eigenvalue weighted by atomic mass is 10.1. The van der Waals surface area contributed by atoms with Gasteiger partial charge in [0.15, 0.2) is 11.2 Å². The average Bonchev–Trinajstić information content (AvgIpc) is 3.07. The summed E-state index contributed by atoms with van der Waals surface area (Å²) in [6.07, 6.45) is 10.8. The SMILES string of the molecule is CCn1ccnc1/C=C/C(=O)/C=C/c1coc2ccccc2c1=O. The minimum Gasteiger partial charge on any atom is -0.463 e. The normalized spacial score (nSPS) is 11.7. The maximum Gasteiger partial charge on any atom is 0.199 e. The number of nitrogens with zero attached hydrogens (tertiary/aromatic N) is 2. The molecule has 0 atom stereocenters. The largest absolute Gasteiger partial charge is 0.463 e. The molecule has 0 radical (unpaired) electrons. The highest BCUT2D eigenvalue weighted by atomic mass is 16.3. The number of aromatic nitrogens is 2. The van der Waals surface area contributed by atoms with E-state index in [1.807, 2.05) is 17.7 Å². The number of ketones is 1. The van der Waals surface area contributed by atoms with E-state index in [4.69, 9.17) is 4.42 Å². The molecule has 0 aliphatic carbocycles. The van der Waals surface area contributed by atoms with E-state index in [0.29, 0.717) is 22.4 Å². The van der Waals surface area contributed by atoms with Gasteiger partial charge in [0.05, 0.1) is 10.9 Å². The molecule has 5 heteroatoms. The third-order valence-corrected chi connectivity index (χ3v) is 3.62. The van der Waals surface area contributed by atoms with E-state index in [1.54, 1.807) is 36.5 Å². The van der Waals surface area contributed by atoms with Gasteiger partial charge in [0.2, 0.25) is 0 Å². The van der Waals surface area contributed by atoms with Gasteiger partial charge in [0.25, 0.3) is 0 Å². The Labute approximate surface area is 138 Å². The zero-order valence-corrected chi connectivity index (χ0v) is 13.2. The molecule has 0 aliphatic heterocycles. The first-order chi connectivity index (χ1) is 11.7. The summed E-state index contributed by atoms with van der Waals surface area (Å²) in [7, 11) is 0. The molecule has 0 spiro atoms. The Morgan fingerprint density at radius 2 is 2.04 bits per heavy atom. The standard InChI is InChI=1S/C19H16N2O3/c1-2-21-12-11-20-18(21)10-9-15(22)8-7-14-13-24-17-6-4-3-5-16(17)19(14)23/h3-13H,2H2,1H3/b8-7+,10-9+. The minimum absolute atomic E-state index is 0.161. The van der Waals surface area contributed by atoms with Crippen LogP contribution in [0.25, 0.3) is 23.1 Å². The van der Waals surface area contributed by atoms with Crippen molar-refractivity contribution >= 4 is 28.9 Å². The Morgan fingerprint density at radius 1 is 1.25 bits per heavy atom. The Morgan fingerprint density at radius 3 is 2.88 bits per heavy atom. The summed E-state index contributed by atoms with van der Waals surface area (Å²) < 4.78 is 7.33. The molecule has 0 saturated carbocycles. The third kappa shape index (κ3) is 3.25. The molecule has 0 bridgehead atoms. The molecule has 0 fully saturated rings. The number of carbonyl (C=O) groups is 1. The molecule has 0 amide bonds. The number of para-hydroxylation sites is 1. The highest BCUT2D eigenvalue weighted by Gasteiger charge is 2.04. The minimum atomic E-state index is -0.229. The average molecular weight is 320 g/mol. The second-order valence-electron chi connectivity index (χ2n) is 5.16. The maximum atomic E-state index is 12.3. The molecule has 0 aliphatic rings. The van der Waals surface area contributed by atoms with E-state index in [-0.39, 0.29) is 11.2 Å². The zero-order valence-electron chi connectivity index (χ0n) is 13.2. The second kappa shape index (κ2) is 6.91. The number of hydrogen-bond donors (Lipinski definition) is 0. The van der Waals surface area contributed by atoms with Crippen LogP contribution in [0.1, 0.15) is 18.3 Å². The lowest BCUT2D eigenvalue weighted by Crippen LogP contribution is -2.04. The van der Waals surface area contributed by atoms with E-state index >= 15 is 0 Å². The molecule has 3 rings (SSSR count). The van der Waals surface area contributed by atoms with Crippen LogP contribution in [0.15, 0.2) is 64.3 Å². The van der Waals surface area contributed by atoms with Crippen LogP contribution in [-0.4, -0.2) is 15.3 Å². The molecule has 120 valence electrons. The quantitative estimate of drug-likeness (QED) is 0.677. The summed E-state index contributed by atoms with van der Waals surface area (Å²) >= 11 is 0. The lowest BCUT2D eigenvalue weighted by Gasteiger charge is -1.98. The topological polar surface area (TPSA) is 65.1 Å². The van der Waals surface area contributed by atoms with Crippen LogP contribution in [0.2, 0.25) is 0 Å². The molecule has 0 unspecified atom stereocenters. The fourth-order valence-corrected chi connectivity index (χ4v) is 2.34.